The summed E-state index contributed by atoms with van der Waals surface area (Å²) < 4.78 is 33.3. The van der Waals surface area contributed by atoms with Crippen LogP contribution in [0.1, 0.15) is 64.4 Å². The quantitative estimate of drug-likeness (QED) is 0.730. The molecule has 0 unspecified atom stereocenters. The molecule has 0 bridgehead atoms. The number of ketones is 1. The molecule has 1 saturated heterocycles. The summed E-state index contributed by atoms with van der Waals surface area (Å²) in [6.45, 7) is 7.16. The maximum atomic E-state index is 13.0. The molecule has 0 spiro atoms. The Labute approximate surface area is 172 Å². The zero-order valence-electron chi connectivity index (χ0n) is 17.4. The number of hydrogen-bond donors (Lipinski definition) is 0. The van der Waals surface area contributed by atoms with Crippen LogP contribution in [0.2, 0.25) is 0 Å². The minimum Gasteiger partial charge on any atom is -0.462 e. The number of nitrogens with zero attached hydrogens (tertiary/aromatic N) is 2. The lowest BCUT2D eigenvalue weighted by molar-refractivity contribution is -0.126. The third-order valence-electron chi connectivity index (χ3n) is 6.29. The number of carbonyl (C=O) groups excluding carboxylic acids is 1. The standard InChI is InChI=1S/C22H30N2O4S/c1-22(2,3)13-19(25)16-11-17(12-16)29(26,27)24-9-6-15(7-10-24)18-14-28-20-5-4-8-23-21(18)20/h4-5,8,14-17H,6-7,9-13H2,1-3H3. The molecule has 0 N–H and O–H groups in total. The lowest BCUT2D eigenvalue weighted by atomic mass is 9.76. The molecule has 1 saturated carbocycles. The van der Waals surface area contributed by atoms with Crippen molar-refractivity contribution in [2.24, 2.45) is 11.3 Å². The molecular weight excluding hydrogens is 388 g/mol. The van der Waals surface area contributed by atoms with E-state index < -0.39 is 15.3 Å². The van der Waals surface area contributed by atoms with Crippen LogP contribution < -0.4 is 0 Å². The van der Waals surface area contributed by atoms with Crippen LogP contribution in [0.5, 0.6) is 0 Å². The molecule has 4 rings (SSSR count). The highest BCUT2D eigenvalue weighted by atomic mass is 32.2. The molecule has 2 aromatic rings. The number of Topliss-reactive ketones (excluding diaryl/α,β-unsaturated/α-hetero) is 1. The van der Waals surface area contributed by atoms with E-state index in [1.165, 1.54) is 0 Å². The van der Waals surface area contributed by atoms with Crippen molar-refractivity contribution in [2.45, 2.75) is 64.0 Å². The largest absolute Gasteiger partial charge is 0.462 e. The van der Waals surface area contributed by atoms with Crippen LogP contribution in [0.25, 0.3) is 11.1 Å². The predicted octanol–water partition coefficient (Wildman–Crippen LogP) is 4.12. The van der Waals surface area contributed by atoms with Crippen LogP contribution in [0.3, 0.4) is 0 Å². The second kappa shape index (κ2) is 7.51. The maximum Gasteiger partial charge on any atom is 0.217 e. The first-order valence-electron chi connectivity index (χ1n) is 10.5. The number of fused-ring (bicyclic) bond motifs is 1. The lowest BCUT2D eigenvalue weighted by Gasteiger charge is -2.40. The fraction of sp³-hybridized carbons (Fsp3) is 0.636. The molecule has 1 aliphatic carbocycles. The molecule has 0 atom stereocenters. The number of hydrogen-bond acceptors (Lipinski definition) is 5. The van der Waals surface area contributed by atoms with Gasteiger partial charge in [0.2, 0.25) is 10.0 Å². The number of rotatable bonds is 5. The average Bonchev–Trinajstić information content (AvgIpc) is 3.03. The Bertz CT molecular complexity index is 991. The maximum absolute atomic E-state index is 13.0. The van der Waals surface area contributed by atoms with E-state index in [4.69, 9.17) is 4.42 Å². The number of sulfonamides is 1. The molecule has 29 heavy (non-hydrogen) atoms. The smallest absolute Gasteiger partial charge is 0.217 e. The van der Waals surface area contributed by atoms with Gasteiger partial charge in [0, 0.05) is 37.2 Å². The molecular formula is C22H30N2O4S. The van der Waals surface area contributed by atoms with Crippen LogP contribution >= 0.6 is 0 Å². The third-order valence-corrected chi connectivity index (χ3v) is 8.60. The Balaban J connectivity index is 1.34. The Morgan fingerprint density at radius 3 is 2.59 bits per heavy atom. The van der Waals surface area contributed by atoms with E-state index in [0.717, 1.165) is 29.5 Å². The summed E-state index contributed by atoms with van der Waals surface area (Å²) in [4.78, 5) is 16.8. The summed E-state index contributed by atoms with van der Waals surface area (Å²) in [5, 5.41) is -0.399. The average molecular weight is 419 g/mol. The minimum atomic E-state index is -3.33. The Morgan fingerprint density at radius 2 is 1.93 bits per heavy atom. The van der Waals surface area contributed by atoms with Crippen molar-refractivity contribution < 1.29 is 17.6 Å². The van der Waals surface area contributed by atoms with Gasteiger partial charge < -0.3 is 4.42 Å². The van der Waals surface area contributed by atoms with Crippen molar-refractivity contribution in [2.75, 3.05) is 13.1 Å². The number of furan rings is 1. The van der Waals surface area contributed by atoms with Crippen molar-refractivity contribution in [3.8, 4) is 0 Å². The molecule has 2 aromatic heterocycles. The van der Waals surface area contributed by atoms with Crippen molar-refractivity contribution >= 4 is 26.9 Å². The minimum absolute atomic E-state index is 0.0466. The van der Waals surface area contributed by atoms with Crippen molar-refractivity contribution in [3.05, 3.63) is 30.2 Å². The van der Waals surface area contributed by atoms with Crippen LogP contribution in [0.15, 0.2) is 29.0 Å². The molecule has 1 aliphatic heterocycles. The highest BCUT2D eigenvalue weighted by molar-refractivity contribution is 7.89. The zero-order valence-corrected chi connectivity index (χ0v) is 18.2. The second-order valence-electron chi connectivity index (χ2n) is 9.75. The molecule has 2 fully saturated rings. The highest BCUT2D eigenvalue weighted by Gasteiger charge is 2.45. The van der Waals surface area contributed by atoms with Gasteiger partial charge in [-0.25, -0.2) is 12.7 Å². The predicted molar refractivity (Wildman–Crippen MR) is 112 cm³/mol. The molecule has 0 radical (unpaired) electrons. The fourth-order valence-electron chi connectivity index (χ4n) is 4.55. The van der Waals surface area contributed by atoms with E-state index in [2.05, 4.69) is 4.98 Å². The van der Waals surface area contributed by atoms with Gasteiger partial charge in [-0.2, -0.15) is 0 Å². The van der Waals surface area contributed by atoms with E-state index in [1.54, 1.807) is 16.8 Å². The van der Waals surface area contributed by atoms with E-state index in [1.807, 2.05) is 32.9 Å². The summed E-state index contributed by atoms with van der Waals surface area (Å²) in [7, 11) is -3.33. The van der Waals surface area contributed by atoms with Gasteiger partial charge in [-0.1, -0.05) is 20.8 Å². The van der Waals surface area contributed by atoms with E-state index in [9.17, 15) is 13.2 Å². The van der Waals surface area contributed by atoms with Gasteiger partial charge in [0.25, 0.3) is 0 Å². The lowest BCUT2D eigenvalue weighted by Crippen LogP contribution is -2.49. The van der Waals surface area contributed by atoms with Crippen LogP contribution in [0, 0.1) is 11.3 Å². The van der Waals surface area contributed by atoms with E-state index >= 15 is 0 Å². The van der Waals surface area contributed by atoms with Gasteiger partial charge in [-0.05, 0) is 49.1 Å². The molecule has 3 heterocycles. The van der Waals surface area contributed by atoms with Gasteiger partial charge in [-0.15, -0.1) is 0 Å². The molecule has 7 heteroatoms. The van der Waals surface area contributed by atoms with E-state index in [-0.39, 0.29) is 23.0 Å². The molecule has 0 aromatic carbocycles. The summed E-state index contributed by atoms with van der Waals surface area (Å²) in [5.74, 6) is 0.386. The van der Waals surface area contributed by atoms with Gasteiger partial charge in [0.05, 0.1) is 11.5 Å². The first-order valence-corrected chi connectivity index (χ1v) is 12.0. The first kappa shape index (κ1) is 20.5. The molecule has 0 amide bonds. The van der Waals surface area contributed by atoms with Gasteiger partial charge in [-0.3, -0.25) is 9.78 Å². The first-order chi connectivity index (χ1) is 13.6. The summed E-state index contributed by atoms with van der Waals surface area (Å²) in [6.07, 6.45) is 6.54. The third kappa shape index (κ3) is 4.12. The molecule has 158 valence electrons. The van der Waals surface area contributed by atoms with Crippen LogP contribution in [0.4, 0.5) is 0 Å². The molecule has 6 nitrogen and oxygen atoms in total. The number of carbonyl (C=O) groups is 1. The Kier molecular flexibility index (Phi) is 5.32. The van der Waals surface area contributed by atoms with Crippen LogP contribution in [-0.4, -0.2) is 41.8 Å². The summed E-state index contributed by atoms with van der Waals surface area (Å²) in [5.41, 5.74) is 2.69. The number of aromatic nitrogens is 1. The van der Waals surface area contributed by atoms with Gasteiger partial charge in [0.1, 0.15) is 11.3 Å². The summed E-state index contributed by atoms with van der Waals surface area (Å²) >= 11 is 0. The van der Waals surface area contributed by atoms with Crippen molar-refractivity contribution in [1.82, 2.24) is 9.29 Å². The zero-order chi connectivity index (χ0) is 20.8. The number of piperidine rings is 1. The Morgan fingerprint density at radius 1 is 1.24 bits per heavy atom. The van der Waals surface area contributed by atoms with Crippen molar-refractivity contribution in [3.63, 3.8) is 0 Å². The SMILES string of the molecule is CC(C)(C)CC(=O)C1CC(S(=O)(=O)N2CCC(c3coc4cccnc34)CC2)C1. The highest BCUT2D eigenvalue weighted by Crippen LogP contribution is 2.40. The summed E-state index contributed by atoms with van der Waals surface area (Å²) in [6, 6.07) is 3.75. The van der Waals surface area contributed by atoms with Crippen LogP contribution in [-0.2, 0) is 14.8 Å². The topological polar surface area (TPSA) is 80.5 Å². The Hall–Kier alpha value is -1.73. The molecule has 2 aliphatic rings. The van der Waals surface area contributed by atoms with Crippen molar-refractivity contribution in [1.29, 1.82) is 0 Å². The monoisotopic (exact) mass is 418 g/mol. The van der Waals surface area contributed by atoms with Gasteiger partial charge in [0.15, 0.2) is 5.58 Å². The normalized spacial score (nSPS) is 24.5. The fourth-order valence-corrected chi connectivity index (χ4v) is 6.64. The second-order valence-corrected chi connectivity index (χ2v) is 12.0. The van der Waals surface area contributed by atoms with E-state index in [0.29, 0.717) is 32.4 Å². The number of pyridine rings is 1. The van der Waals surface area contributed by atoms with Gasteiger partial charge >= 0.3 is 0 Å².